The summed E-state index contributed by atoms with van der Waals surface area (Å²) in [7, 11) is 0. The number of allylic oxidation sites excluding steroid dienone is 3. The Morgan fingerprint density at radius 3 is 2.32 bits per heavy atom. The maximum atomic E-state index is 13.5. The highest BCUT2D eigenvalue weighted by Crippen LogP contribution is 2.65. The van der Waals surface area contributed by atoms with Gasteiger partial charge in [0.2, 0.25) is 0 Å². The number of alkyl halides is 2. The predicted molar refractivity (Wildman–Crippen MR) is 92.3 cm³/mol. The quantitative estimate of drug-likeness (QED) is 0.355. The lowest BCUT2D eigenvalue weighted by atomic mass is 9.91. The van der Waals surface area contributed by atoms with Crippen LogP contribution in [-0.4, -0.2) is 5.92 Å². The molecule has 1 saturated carbocycles. The molecule has 128 valence electrons. The van der Waals surface area contributed by atoms with Gasteiger partial charge in [0.15, 0.2) is 0 Å². The van der Waals surface area contributed by atoms with Crippen LogP contribution in [-0.2, 0) is 0 Å². The van der Waals surface area contributed by atoms with Crippen molar-refractivity contribution in [2.75, 3.05) is 0 Å². The number of hydrogen-bond donors (Lipinski definition) is 0. The predicted octanol–water partition coefficient (Wildman–Crippen LogP) is 7.17. The zero-order chi connectivity index (χ0) is 16.8. The van der Waals surface area contributed by atoms with Crippen molar-refractivity contribution in [3.05, 3.63) is 24.3 Å². The Morgan fingerprint density at radius 1 is 1.18 bits per heavy atom. The second-order valence-electron chi connectivity index (χ2n) is 7.59. The van der Waals surface area contributed by atoms with Crippen LogP contribution in [0.2, 0.25) is 0 Å². The van der Waals surface area contributed by atoms with Crippen LogP contribution in [0.5, 0.6) is 0 Å². The molecule has 0 aromatic rings. The molecule has 0 nitrogen and oxygen atoms in total. The van der Waals surface area contributed by atoms with Crippen molar-refractivity contribution < 1.29 is 8.78 Å². The Hall–Kier alpha value is -0.660. The number of hydrogen-bond acceptors (Lipinski definition) is 0. The van der Waals surface area contributed by atoms with Gasteiger partial charge < -0.3 is 0 Å². The summed E-state index contributed by atoms with van der Waals surface area (Å²) in [4.78, 5) is 0. The van der Waals surface area contributed by atoms with Gasteiger partial charge in [0.25, 0.3) is 5.92 Å². The van der Waals surface area contributed by atoms with Crippen LogP contribution in [0.15, 0.2) is 24.3 Å². The molecule has 0 aliphatic heterocycles. The molecule has 1 fully saturated rings. The number of halogens is 2. The summed E-state index contributed by atoms with van der Waals surface area (Å²) in [6.07, 6.45) is 10.8. The van der Waals surface area contributed by atoms with Crippen molar-refractivity contribution >= 4 is 0 Å². The first-order valence-corrected chi connectivity index (χ1v) is 8.92. The van der Waals surface area contributed by atoms with Crippen LogP contribution in [0, 0.1) is 17.3 Å². The maximum Gasteiger partial charge on any atom is 0.254 e. The van der Waals surface area contributed by atoms with E-state index in [0.29, 0.717) is 24.7 Å². The van der Waals surface area contributed by atoms with Gasteiger partial charge in [-0.15, -0.1) is 0 Å². The van der Waals surface area contributed by atoms with Gasteiger partial charge in [-0.25, -0.2) is 8.78 Å². The van der Waals surface area contributed by atoms with Crippen molar-refractivity contribution in [3.8, 4) is 0 Å². The van der Waals surface area contributed by atoms with E-state index in [1.807, 2.05) is 6.92 Å². The van der Waals surface area contributed by atoms with Crippen molar-refractivity contribution in [3.63, 3.8) is 0 Å². The highest BCUT2D eigenvalue weighted by molar-refractivity contribution is 5.10. The van der Waals surface area contributed by atoms with Crippen LogP contribution in [0.3, 0.4) is 0 Å². The summed E-state index contributed by atoms with van der Waals surface area (Å²) < 4.78 is 27.0. The molecule has 22 heavy (non-hydrogen) atoms. The average molecular weight is 312 g/mol. The molecule has 0 amide bonds. The lowest BCUT2D eigenvalue weighted by Gasteiger charge is -2.15. The summed E-state index contributed by atoms with van der Waals surface area (Å²) in [5.41, 5.74) is 0.587. The van der Waals surface area contributed by atoms with Gasteiger partial charge in [0.05, 0.1) is 0 Å². The van der Waals surface area contributed by atoms with Gasteiger partial charge in [-0.2, -0.15) is 0 Å². The molecular formula is C20H34F2. The van der Waals surface area contributed by atoms with Gasteiger partial charge >= 0.3 is 0 Å². The highest BCUT2D eigenvalue weighted by atomic mass is 19.3. The van der Waals surface area contributed by atoms with Crippen molar-refractivity contribution in [2.24, 2.45) is 17.3 Å². The third-order valence-corrected chi connectivity index (χ3v) is 5.37. The monoisotopic (exact) mass is 312 g/mol. The Labute approximate surface area is 136 Å². The van der Waals surface area contributed by atoms with Crippen LogP contribution >= 0.6 is 0 Å². The third kappa shape index (κ3) is 5.52. The van der Waals surface area contributed by atoms with Crippen molar-refractivity contribution in [1.29, 1.82) is 0 Å². The van der Waals surface area contributed by atoms with E-state index in [9.17, 15) is 8.78 Å². The fourth-order valence-corrected chi connectivity index (χ4v) is 3.23. The average Bonchev–Trinajstić information content (AvgIpc) is 2.97. The molecule has 1 aliphatic rings. The van der Waals surface area contributed by atoms with Crippen LogP contribution in [0.4, 0.5) is 8.78 Å². The number of rotatable bonds is 11. The molecule has 3 atom stereocenters. The summed E-state index contributed by atoms with van der Waals surface area (Å²) in [6, 6.07) is 0. The van der Waals surface area contributed by atoms with Gasteiger partial charge in [0, 0.05) is 11.8 Å². The fraction of sp³-hybridized carbons (Fsp3) is 0.800. The standard InChI is InChI=1S/C20H34F2/c1-6-13-19(15-20(19,21)22)14-9-7-8-10-17(4)11-12-18(5)16(2)3/h7-8,17-18H,2,6,9-15H2,1,3-5H3/b8-7+/t17-,18+,19?/m1/s1. The lowest BCUT2D eigenvalue weighted by molar-refractivity contribution is 0.0566. The summed E-state index contributed by atoms with van der Waals surface area (Å²) in [5.74, 6) is -1.15. The minimum Gasteiger partial charge on any atom is -0.206 e. The van der Waals surface area contributed by atoms with Gasteiger partial charge in [0.1, 0.15) is 0 Å². The molecule has 0 saturated heterocycles. The lowest BCUT2D eigenvalue weighted by Crippen LogP contribution is -2.10. The molecule has 0 aromatic heterocycles. The Morgan fingerprint density at radius 2 is 1.82 bits per heavy atom. The molecule has 0 aromatic carbocycles. The second kappa shape index (κ2) is 8.26. The van der Waals surface area contributed by atoms with E-state index in [4.69, 9.17) is 0 Å². The molecule has 0 radical (unpaired) electrons. The van der Waals surface area contributed by atoms with Gasteiger partial charge in [-0.05, 0) is 57.3 Å². The van der Waals surface area contributed by atoms with E-state index in [1.165, 1.54) is 18.4 Å². The minimum absolute atomic E-state index is 0.108. The van der Waals surface area contributed by atoms with E-state index >= 15 is 0 Å². The Balaban J connectivity index is 2.20. The SMILES string of the molecule is C=C(C)[C@@H](C)CC[C@H](C)C/C=C/CCC1(CCC)CC1(F)F. The van der Waals surface area contributed by atoms with E-state index < -0.39 is 11.3 Å². The van der Waals surface area contributed by atoms with E-state index in [0.717, 1.165) is 19.3 Å². The molecule has 0 N–H and O–H groups in total. The second-order valence-corrected chi connectivity index (χ2v) is 7.59. The smallest absolute Gasteiger partial charge is 0.206 e. The van der Waals surface area contributed by atoms with Crippen LogP contribution < -0.4 is 0 Å². The van der Waals surface area contributed by atoms with Crippen LogP contribution in [0.25, 0.3) is 0 Å². The Bertz CT molecular complexity index is 383. The van der Waals surface area contributed by atoms with E-state index in [-0.39, 0.29) is 6.42 Å². The van der Waals surface area contributed by atoms with Gasteiger partial charge in [-0.3, -0.25) is 0 Å². The summed E-state index contributed by atoms with van der Waals surface area (Å²) in [6.45, 7) is 12.6. The Kier molecular flexibility index (Phi) is 7.28. The normalized spacial score (nSPS) is 26.1. The minimum atomic E-state index is -2.40. The molecular weight excluding hydrogens is 278 g/mol. The zero-order valence-corrected chi connectivity index (χ0v) is 14.9. The highest BCUT2D eigenvalue weighted by Gasteiger charge is 2.69. The molecule has 1 aliphatic carbocycles. The maximum absolute atomic E-state index is 13.5. The first-order chi connectivity index (χ1) is 10.2. The third-order valence-electron chi connectivity index (χ3n) is 5.37. The fourth-order valence-electron chi connectivity index (χ4n) is 3.23. The topological polar surface area (TPSA) is 0 Å². The van der Waals surface area contributed by atoms with Gasteiger partial charge in [-0.1, -0.05) is 51.5 Å². The van der Waals surface area contributed by atoms with E-state index in [1.54, 1.807) is 0 Å². The molecule has 1 unspecified atom stereocenters. The zero-order valence-electron chi connectivity index (χ0n) is 14.9. The molecule has 0 bridgehead atoms. The largest absolute Gasteiger partial charge is 0.254 e. The molecule has 1 rings (SSSR count). The van der Waals surface area contributed by atoms with Crippen molar-refractivity contribution in [2.45, 2.75) is 85.0 Å². The molecule has 0 spiro atoms. The first-order valence-electron chi connectivity index (χ1n) is 8.92. The summed E-state index contributed by atoms with van der Waals surface area (Å²) in [5, 5.41) is 0. The van der Waals surface area contributed by atoms with Crippen molar-refractivity contribution in [1.82, 2.24) is 0 Å². The first kappa shape index (κ1) is 19.4. The van der Waals surface area contributed by atoms with Crippen LogP contribution in [0.1, 0.15) is 79.1 Å². The summed E-state index contributed by atoms with van der Waals surface area (Å²) >= 11 is 0. The molecule has 2 heteroatoms. The molecule has 0 heterocycles. The van der Waals surface area contributed by atoms with E-state index in [2.05, 4.69) is 39.5 Å².